The molecule has 2 aromatic carbocycles. The zero-order valence-corrected chi connectivity index (χ0v) is 12.2. The molecule has 0 spiro atoms. The fourth-order valence-corrected chi connectivity index (χ4v) is 3.21. The molecule has 2 aromatic rings. The van der Waals surface area contributed by atoms with E-state index in [0.717, 1.165) is 18.4 Å². The predicted octanol–water partition coefficient (Wildman–Crippen LogP) is 3.12. The highest BCUT2D eigenvalue weighted by Gasteiger charge is 2.27. The van der Waals surface area contributed by atoms with Crippen molar-refractivity contribution in [3.63, 3.8) is 0 Å². The van der Waals surface area contributed by atoms with Crippen LogP contribution in [0, 0.1) is 0 Å². The standard InChI is InChI=1S/C18H20N2O/c1-12(13-6-3-2-4-7-13)20-16-11-10-14-8-5-9-15(17(14)16)18(19)21/h2-9,12,16,20H,10-11H2,1H3,(H2,19,21)/t12-,16-/m1/s1. The van der Waals surface area contributed by atoms with Crippen molar-refractivity contribution in [1.82, 2.24) is 5.32 Å². The third kappa shape index (κ3) is 2.69. The molecule has 3 rings (SSSR count). The average Bonchev–Trinajstić information content (AvgIpc) is 2.91. The van der Waals surface area contributed by atoms with Gasteiger partial charge in [0.15, 0.2) is 0 Å². The largest absolute Gasteiger partial charge is 0.366 e. The molecule has 1 aliphatic rings. The molecule has 3 nitrogen and oxygen atoms in total. The molecule has 0 heterocycles. The molecule has 1 amide bonds. The Kier molecular flexibility index (Phi) is 3.76. The number of carbonyl (C=O) groups excluding carboxylic acids is 1. The second-order valence-corrected chi connectivity index (χ2v) is 5.63. The molecule has 0 fully saturated rings. The molecule has 3 heteroatoms. The van der Waals surface area contributed by atoms with Crippen LogP contribution in [0.3, 0.4) is 0 Å². The molecule has 0 bridgehead atoms. The van der Waals surface area contributed by atoms with Crippen molar-refractivity contribution in [3.8, 4) is 0 Å². The van der Waals surface area contributed by atoms with Crippen molar-refractivity contribution >= 4 is 5.91 Å². The van der Waals surface area contributed by atoms with E-state index in [1.165, 1.54) is 11.1 Å². The molecule has 0 aromatic heterocycles. The summed E-state index contributed by atoms with van der Waals surface area (Å²) in [5, 5.41) is 3.64. The van der Waals surface area contributed by atoms with Crippen LogP contribution in [0.15, 0.2) is 48.5 Å². The van der Waals surface area contributed by atoms with E-state index >= 15 is 0 Å². The van der Waals surface area contributed by atoms with Crippen molar-refractivity contribution in [1.29, 1.82) is 0 Å². The quantitative estimate of drug-likeness (QED) is 0.904. The number of hydrogen-bond donors (Lipinski definition) is 2. The third-order valence-electron chi connectivity index (χ3n) is 4.26. The van der Waals surface area contributed by atoms with Crippen LogP contribution in [0.1, 0.15) is 52.5 Å². The SMILES string of the molecule is C[C@@H](N[C@@H]1CCc2cccc(C(N)=O)c21)c1ccccc1. The van der Waals surface area contributed by atoms with Gasteiger partial charge in [0.25, 0.3) is 0 Å². The first-order valence-corrected chi connectivity index (χ1v) is 7.39. The summed E-state index contributed by atoms with van der Waals surface area (Å²) in [5.41, 5.74) is 9.76. The highest BCUT2D eigenvalue weighted by atomic mass is 16.1. The second-order valence-electron chi connectivity index (χ2n) is 5.63. The maximum atomic E-state index is 11.7. The van der Waals surface area contributed by atoms with Crippen molar-refractivity contribution < 1.29 is 4.79 Å². The van der Waals surface area contributed by atoms with Crippen molar-refractivity contribution in [3.05, 3.63) is 70.8 Å². The van der Waals surface area contributed by atoms with E-state index in [0.29, 0.717) is 5.56 Å². The van der Waals surface area contributed by atoms with Gasteiger partial charge in [0.05, 0.1) is 0 Å². The lowest BCUT2D eigenvalue weighted by atomic mass is 9.99. The van der Waals surface area contributed by atoms with E-state index < -0.39 is 0 Å². The van der Waals surface area contributed by atoms with Gasteiger partial charge < -0.3 is 11.1 Å². The zero-order chi connectivity index (χ0) is 14.8. The summed E-state index contributed by atoms with van der Waals surface area (Å²) in [4.78, 5) is 11.7. The minimum Gasteiger partial charge on any atom is -0.366 e. The van der Waals surface area contributed by atoms with Crippen LogP contribution in [0.4, 0.5) is 0 Å². The molecule has 0 aliphatic heterocycles. The zero-order valence-electron chi connectivity index (χ0n) is 12.2. The molecule has 0 radical (unpaired) electrons. The van der Waals surface area contributed by atoms with Gasteiger partial charge in [0.2, 0.25) is 5.91 Å². The highest BCUT2D eigenvalue weighted by molar-refractivity contribution is 5.95. The first-order valence-electron chi connectivity index (χ1n) is 7.39. The number of carbonyl (C=O) groups is 1. The number of amides is 1. The van der Waals surface area contributed by atoms with Crippen LogP contribution < -0.4 is 11.1 Å². The van der Waals surface area contributed by atoms with E-state index in [4.69, 9.17) is 5.73 Å². The molecule has 0 saturated heterocycles. The maximum absolute atomic E-state index is 11.7. The van der Waals surface area contributed by atoms with Crippen LogP contribution in [-0.2, 0) is 6.42 Å². The Balaban J connectivity index is 1.86. The number of nitrogens with one attached hydrogen (secondary N) is 1. The fourth-order valence-electron chi connectivity index (χ4n) is 3.21. The van der Waals surface area contributed by atoms with E-state index in [2.05, 4.69) is 30.4 Å². The molecule has 108 valence electrons. The summed E-state index contributed by atoms with van der Waals surface area (Å²) in [7, 11) is 0. The molecule has 0 saturated carbocycles. The van der Waals surface area contributed by atoms with Gasteiger partial charge in [-0.3, -0.25) is 4.79 Å². The van der Waals surface area contributed by atoms with E-state index in [9.17, 15) is 4.79 Å². The number of rotatable bonds is 4. The molecule has 1 aliphatic carbocycles. The Morgan fingerprint density at radius 1 is 1.19 bits per heavy atom. The van der Waals surface area contributed by atoms with Crippen molar-refractivity contribution in [2.75, 3.05) is 0 Å². The average molecular weight is 280 g/mol. The second kappa shape index (κ2) is 5.70. The van der Waals surface area contributed by atoms with Gasteiger partial charge in [-0.15, -0.1) is 0 Å². The number of primary amides is 1. The minimum absolute atomic E-state index is 0.193. The molecule has 0 unspecified atom stereocenters. The van der Waals surface area contributed by atoms with Crippen molar-refractivity contribution in [2.45, 2.75) is 31.8 Å². The van der Waals surface area contributed by atoms with Crippen molar-refractivity contribution in [2.24, 2.45) is 5.73 Å². The van der Waals surface area contributed by atoms with Crippen LogP contribution in [0.5, 0.6) is 0 Å². The Bertz CT molecular complexity index is 652. The number of hydrogen-bond acceptors (Lipinski definition) is 2. The van der Waals surface area contributed by atoms with Crippen LogP contribution >= 0.6 is 0 Å². The monoisotopic (exact) mass is 280 g/mol. The lowest BCUT2D eigenvalue weighted by Gasteiger charge is -2.22. The van der Waals surface area contributed by atoms with E-state index in [1.807, 2.05) is 30.3 Å². The van der Waals surface area contributed by atoms with Gasteiger partial charge in [0.1, 0.15) is 0 Å². The van der Waals surface area contributed by atoms with Crippen LogP contribution in [-0.4, -0.2) is 5.91 Å². The summed E-state index contributed by atoms with van der Waals surface area (Å²) in [6, 6.07) is 16.6. The smallest absolute Gasteiger partial charge is 0.249 e. The van der Waals surface area contributed by atoms with Gasteiger partial charge >= 0.3 is 0 Å². The van der Waals surface area contributed by atoms with Crippen LogP contribution in [0.2, 0.25) is 0 Å². The lowest BCUT2D eigenvalue weighted by Crippen LogP contribution is -2.25. The van der Waals surface area contributed by atoms with E-state index in [1.54, 1.807) is 0 Å². The molecular weight excluding hydrogens is 260 g/mol. The molecule has 3 N–H and O–H groups in total. The normalized spacial score (nSPS) is 18.2. The lowest BCUT2D eigenvalue weighted by molar-refractivity contribution is 0.0998. The van der Waals surface area contributed by atoms with Gasteiger partial charge in [0, 0.05) is 17.6 Å². The van der Waals surface area contributed by atoms with Crippen LogP contribution in [0.25, 0.3) is 0 Å². The Hall–Kier alpha value is -2.13. The van der Waals surface area contributed by atoms with Gasteiger partial charge in [-0.25, -0.2) is 0 Å². The Morgan fingerprint density at radius 3 is 2.67 bits per heavy atom. The predicted molar refractivity (Wildman–Crippen MR) is 84.0 cm³/mol. The summed E-state index contributed by atoms with van der Waals surface area (Å²) in [6.07, 6.45) is 2.01. The Morgan fingerprint density at radius 2 is 1.95 bits per heavy atom. The number of benzene rings is 2. The summed E-state index contributed by atoms with van der Waals surface area (Å²) in [6.45, 7) is 2.15. The summed E-state index contributed by atoms with van der Waals surface area (Å²) >= 11 is 0. The minimum atomic E-state index is -0.340. The first kappa shape index (κ1) is 13.8. The first-order chi connectivity index (χ1) is 10.2. The molecular formula is C18H20N2O. The Labute approximate surface area is 125 Å². The number of aryl methyl sites for hydroxylation is 1. The fraction of sp³-hybridized carbons (Fsp3) is 0.278. The topological polar surface area (TPSA) is 55.1 Å². The number of fused-ring (bicyclic) bond motifs is 1. The summed E-state index contributed by atoms with van der Waals surface area (Å²) < 4.78 is 0. The molecule has 2 atom stereocenters. The highest BCUT2D eigenvalue weighted by Crippen LogP contribution is 2.35. The van der Waals surface area contributed by atoms with E-state index in [-0.39, 0.29) is 18.0 Å². The maximum Gasteiger partial charge on any atom is 0.249 e. The molecule has 21 heavy (non-hydrogen) atoms. The number of nitrogens with two attached hydrogens (primary N) is 1. The van der Waals surface area contributed by atoms with Gasteiger partial charge in [-0.05, 0) is 42.5 Å². The third-order valence-corrected chi connectivity index (χ3v) is 4.26. The van der Waals surface area contributed by atoms with Gasteiger partial charge in [-0.2, -0.15) is 0 Å². The van der Waals surface area contributed by atoms with Gasteiger partial charge in [-0.1, -0.05) is 42.5 Å². The summed E-state index contributed by atoms with van der Waals surface area (Å²) in [5.74, 6) is -0.340.